The van der Waals surface area contributed by atoms with E-state index in [1.165, 1.54) is 12.8 Å². The summed E-state index contributed by atoms with van der Waals surface area (Å²) in [4.78, 5) is 23.9. The normalized spacial score (nSPS) is 15.3. The summed E-state index contributed by atoms with van der Waals surface area (Å²) >= 11 is 0. The molecule has 0 saturated heterocycles. The quantitative estimate of drug-likeness (QED) is 0.582. The highest BCUT2D eigenvalue weighted by molar-refractivity contribution is 6.10. The second-order valence-corrected chi connectivity index (χ2v) is 8.05. The van der Waals surface area contributed by atoms with Crippen LogP contribution in [0.5, 0.6) is 11.6 Å². The van der Waals surface area contributed by atoms with E-state index < -0.39 is 0 Å². The number of hydrogen-bond donors (Lipinski definition) is 0. The number of nitrogens with zero attached hydrogens (tertiary/aromatic N) is 5. The van der Waals surface area contributed by atoms with Gasteiger partial charge in [-0.1, -0.05) is 0 Å². The average molecular weight is 419 g/mol. The minimum absolute atomic E-state index is 0.0609. The number of rotatable bonds is 7. The number of ether oxygens (including phenoxy) is 2. The number of anilines is 1. The molecule has 160 valence electrons. The molecule has 0 unspecified atom stereocenters. The van der Waals surface area contributed by atoms with Crippen LogP contribution in [0, 0.1) is 12.8 Å². The van der Waals surface area contributed by atoms with Crippen LogP contribution in [0.3, 0.4) is 0 Å². The van der Waals surface area contributed by atoms with Crippen molar-refractivity contribution in [2.24, 2.45) is 5.92 Å². The van der Waals surface area contributed by atoms with Gasteiger partial charge in [-0.05, 0) is 50.3 Å². The van der Waals surface area contributed by atoms with Crippen molar-refractivity contribution < 1.29 is 14.3 Å². The lowest BCUT2D eigenvalue weighted by Gasteiger charge is -2.12. The molecule has 1 saturated carbocycles. The van der Waals surface area contributed by atoms with E-state index in [2.05, 4.69) is 10.1 Å². The van der Waals surface area contributed by atoms with Crippen LogP contribution in [-0.4, -0.2) is 39.4 Å². The van der Waals surface area contributed by atoms with Gasteiger partial charge in [0.15, 0.2) is 11.6 Å². The van der Waals surface area contributed by atoms with Crippen LogP contribution in [0.25, 0.3) is 11.3 Å². The fourth-order valence-corrected chi connectivity index (χ4v) is 3.83. The van der Waals surface area contributed by atoms with Crippen LogP contribution in [0.1, 0.15) is 41.4 Å². The molecule has 5 rings (SSSR count). The van der Waals surface area contributed by atoms with Gasteiger partial charge in [0.1, 0.15) is 0 Å². The van der Waals surface area contributed by atoms with Crippen molar-refractivity contribution >= 4 is 11.7 Å². The molecule has 3 aromatic heterocycles. The van der Waals surface area contributed by atoms with Crippen LogP contribution < -0.4 is 14.4 Å². The topological polar surface area (TPSA) is 82.4 Å². The van der Waals surface area contributed by atoms with E-state index in [0.717, 1.165) is 29.1 Å². The Morgan fingerprint density at radius 1 is 1.26 bits per heavy atom. The van der Waals surface area contributed by atoms with Gasteiger partial charge < -0.3 is 9.47 Å². The molecule has 1 fully saturated rings. The molecule has 0 N–H and O–H groups in total. The summed E-state index contributed by atoms with van der Waals surface area (Å²) < 4.78 is 13.1. The molecule has 0 bridgehead atoms. The van der Waals surface area contributed by atoms with Crippen molar-refractivity contribution in [3.8, 4) is 22.9 Å². The summed E-state index contributed by atoms with van der Waals surface area (Å²) in [6.07, 6.45) is 6.03. The zero-order valence-corrected chi connectivity index (χ0v) is 18.0. The van der Waals surface area contributed by atoms with E-state index in [4.69, 9.17) is 14.5 Å². The maximum Gasteiger partial charge on any atom is 0.262 e. The molecule has 0 spiro atoms. The standard InChI is InChI=1S/C23H25N5O3/c1-4-27-8-7-20(26-27)28-12-18-21(23(28)29)14(2)9-17(25-18)16-10-19(22(30-3)24-11-16)31-13-15-5-6-15/h7-11,15H,4-6,12-13H2,1-3H3. The monoisotopic (exact) mass is 419 g/mol. The van der Waals surface area contributed by atoms with Gasteiger partial charge in [0.25, 0.3) is 11.8 Å². The van der Waals surface area contributed by atoms with Crippen LogP contribution in [0.15, 0.2) is 30.6 Å². The number of pyridine rings is 2. The number of aromatic nitrogens is 4. The number of amides is 1. The van der Waals surface area contributed by atoms with Crippen LogP contribution in [-0.2, 0) is 13.1 Å². The molecule has 8 heteroatoms. The van der Waals surface area contributed by atoms with Gasteiger partial charge in [-0.3, -0.25) is 19.4 Å². The summed E-state index contributed by atoms with van der Waals surface area (Å²) in [6.45, 7) is 5.79. The predicted molar refractivity (Wildman–Crippen MR) is 115 cm³/mol. The first-order valence-electron chi connectivity index (χ1n) is 10.6. The van der Waals surface area contributed by atoms with Gasteiger partial charge in [-0.15, -0.1) is 0 Å². The summed E-state index contributed by atoms with van der Waals surface area (Å²) in [5.41, 5.74) is 3.89. The Balaban J connectivity index is 1.46. The first-order chi connectivity index (χ1) is 15.1. The predicted octanol–water partition coefficient (Wildman–Crippen LogP) is 3.63. The fourth-order valence-electron chi connectivity index (χ4n) is 3.83. The highest BCUT2D eigenvalue weighted by Gasteiger charge is 2.33. The van der Waals surface area contributed by atoms with E-state index >= 15 is 0 Å². The maximum absolute atomic E-state index is 13.0. The van der Waals surface area contributed by atoms with Gasteiger partial charge >= 0.3 is 0 Å². The Bertz CT molecular complexity index is 1150. The fraction of sp³-hybridized carbons (Fsp3) is 0.391. The van der Waals surface area contributed by atoms with Crippen molar-refractivity contribution in [3.05, 3.63) is 47.4 Å². The molecule has 8 nitrogen and oxygen atoms in total. The number of carbonyl (C=O) groups is 1. The number of carbonyl (C=O) groups excluding carboxylic acids is 1. The molecule has 2 aliphatic rings. The van der Waals surface area contributed by atoms with Gasteiger partial charge in [-0.2, -0.15) is 5.10 Å². The molecule has 0 aromatic carbocycles. The number of aryl methyl sites for hydroxylation is 2. The molecule has 4 heterocycles. The van der Waals surface area contributed by atoms with E-state index in [9.17, 15) is 4.79 Å². The summed E-state index contributed by atoms with van der Waals surface area (Å²) in [5, 5.41) is 4.48. The Morgan fingerprint density at radius 3 is 2.81 bits per heavy atom. The molecule has 0 radical (unpaired) electrons. The van der Waals surface area contributed by atoms with Crippen molar-refractivity contribution in [2.75, 3.05) is 18.6 Å². The van der Waals surface area contributed by atoms with Crippen LogP contribution >= 0.6 is 0 Å². The number of hydrogen-bond acceptors (Lipinski definition) is 6. The lowest BCUT2D eigenvalue weighted by molar-refractivity contribution is 0.0995. The van der Waals surface area contributed by atoms with Crippen molar-refractivity contribution in [3.63, 3.8) is 0 Å². The molecule has 3 aromatic rings. The van der Waals surface area contributed by atoms with Gasteiger partial charge in [0.05, 0.1) is 37.2 Å². The maximum atomic E-state index is 13.0. The van der Waals surface area contributed by atoms with Crippen molar-refractivity contribution in [2.45, 2.75) is 39.8 Å². The molecular formula is C23H25N5O3. The zero-order chi connectivity index (χ0) is 21.5. The first kappa shape index (κ1) is 19.5. The molecular weight excluding hydrogens is 394 g/mol. The highest BCUT2D eigenvalue weighted by Crippen LogP contribution is 2.35. The summed E-state index contributed by atoms with van der Waals surface area (Å²) in [5.74, 6) is 2.30. The minimum atomic E-state index is -0.0609. The molecule has 1 amide bonds. The third kappa shape index (κ3) is 3.62. The van der Waals surface area contributed by atoms with E-state index in [0.29, 0.717) is 42.1 Å². The van der Waals surface area contributed by atoms with E-state index in [-0.39, 0.29) is 5.91 Å². The third-order valence-corrected chi connectivity index (χ3v) is 5.76. The lowest BCUT2D eigenvalue weighted by atomic mass is 10.1. The van der Waals surface area contributed by atoms with E-state index in [1.807, 2.05) is 42.9 Å². The van der Waals surface area contributed by atoms with E-state index in [1.54, 1.807) is 18.2 Å². The molecule has 31 heavy (non-hydrogen) atoms. The Kier molecular flexibility index (Phi) is 4.84. The summed E-state index contributed by atoms with van der Waals surface area (Å²) in [7, 11) is 1.59. The molecule has 1 aliphatic heterocycles. The zero-order valence-electron chi connectivity index (χ0n) is 18.0. The lowest BCUT2D eigenvalue weighted by Crippen LogP contribution is -2.24. The number of methoxy groups -OCH3 is 1. The Hall–Kier alpha value is -3.42. The minimum Gasteiger partial charge on any atom is -0.488 e. The Morgan fingerprint density at radius 2 is 2.10 bits per heavy atom. The summed E-state index contributed by atoms with van der Waals surface area (Å²) in [6, 6.07) is 5.71. The smallest absolute Gasteiger partial charge is 0.262 e. The van der Waals surface area contributed by atoms with Crippen molar-refractivity contribution in [1.82, 2.24) is 19.7 Å². The second kappa shape index (κ2) is 7.68. The van der Waals surface area contributed by atoms with Crippen LogP contribution in [0.2, 0.25) is 0 Å². The van der Waals surface area contributed by atoms with Gasteiger partial charge in [-0.25, -0.2) is 4.98 Å². The third-order valence-electron chi connectivity index (χ3n) is 5.76. The SMILES string of the molecule is CCn1ccc(N2Cc3nc(-c4cnc(OC)c(OCC5CC5)c4)cc(C)c3C2=O)n1. The van der Waals surface area contributed by atoms with Crippen LogP contribution in [0.4, 0.5) is 5.82 Å². The molecule has 0 atom stereocenters. The average Bonchev–Trinajstić information content (AvgIpc) is 3.38. The molecule has 1 aliphatic carbocycles. The van der Waals surface area contributed by atoms with Crippen molar-refractivity contribution in [1.29, 1.82) is 0 Å². The highest BCUT2D eigenvalue weighted by atomic mass is 16.5. The second-order valence-electron chi connectivity index (χ2n) is 8.05. The van der Waals surface area contributed by atoms with Gasteiger partial charge in [0.2, 0.25) is 0 Å². The Labute approximate surface area is 180 Å². The largest absolute Gasteiger partial charge is 0.488 e. The number of fused-ring (bicyclic) bond motifs is 1. The first-order valence-corrected chi connectivity index (χ1v) is 10.6. The van der Waals surface area contributed by atoms with Gasteiger partial charge in [0, 0.05) is 30.6 Å².